The number of aliphatic imine (C=N–C) groups is 1. The van der Waals surface area contributed by atoms with Crippen molar-refractivity contribution in [2.75, 3.05) is 34.9 Å². The lowest BCUT2D eigenvalue weighted by Gasteiger charge is -2.15. The van der Waals surface area contributed by atoms with Crippen LogP contribution in [0.3, 0.4) is 0 Å². The topological polar surface area (TPSA) is 64.1 Å². The minimum absolute atomic E-state index is 0. The molecule has 154 valence electrons. The van der Waals surface area contributed by atoms with Crippen molar-refractivity contribution >= 4 is 45.9 Å². The van der Waals surface area contributed by atoms with Gasteiger partial charge in [0.2, 0.25) is 0 Å². The Hall–Kier alpha value is -1.68. The van der Waals surface area contributed by atoms with Gasteiger partial charge in [-0.15, -0.1) is 24.0 Å². The van der Waals surface area contributed by atoms with Gasteiger partial charge in [-0.05, 0) is 51.7 Å². The molecule has 0 aliphatic rings. The number of guanidine groups is 1. The van der Waals surface area contributed by atoms with E-state index in [1.54, 1.807) is 28.4 Å². The van der Waals surface area contributed by atoms with Gasteiger partial charge in [-0.3, -0.25) is 4.99 Å². The van der Waals surface area contributed by atoms with Crippen molar-refractivity contribution < 1.29 is 14.2 Å². The van der Waals surface area contributed by atoms with E-state index in [-0.39, 0.29) is 24.0 Å². The molecule has 2 N–H and O–H groups in total. The van der Waals surface area contributed by atoms with Crippen molar-refractivity contribution in [1.29, 1.82) is 0 Å². The molecule has 0 spiro atoms. The van der Waals surface area contributed by atoms with E-state index in [0.29, 0.717) is 18.0 Å². The molecule has 0 aliphatic heterocycles. The lowest BCUT2D eigenvalue weighted by atomic mass is 10.1. The van der Waals surface area contributed by atoms with Gasteiger partial charge in [-0.1, -0.05) is 18.2 Å². The Kier molecular flexibility index (Phi) is 11.1. The molecule has 2 aromatic carbocycles. The third-order valence-electron chi connectivity index (χ3n) is 4.06. The van der Waals surface area contributed by atoms with Crippen molar-refractivity contribution in [1.82, 2.24) is 10.6 Å². The minimum Gasteiger partial charge on any atom is -0.496 e. The zero-order valence-corrected chi connectivity index (χ0v) is 20.5. The Morgan fingerprint density at radius 3 is 2.36 bits per heavy atom. The van der Waals surface area contributed by atoms with E-state index in [4.69, 9.17) is 14.2 Å². The molecule has 2 rings (SSSR count). The lowest BCUT2D eigenvalue weighted by molar-refractivity contribution is 0.352. The Balaban J connectivity index is 0.00000392. The number of benzene rings is 2. The predicted octanol–water partition coefficient (Wildman–Crippen LogP) is 4.00. The fraction of sp³-hybridized carbons (Fsp3) is 0.350. The van der Waals surface area contributed by atoms with Crippen LogP contribution in [0, 0.1) is 0 Å². The predicted molar refractivity (Wildman–Crippen MR) is 128 cm³/mol. The molecule has 0 bridgehead atoms. The van der Waals surface area contributed by atoms with E-state index in [1.807, 2.05) is 30.3 Å². The standard InChI is InChI=1S/C20H26BrN3O3.HI/c1-22-20(23-10-9-15-7-5-6-8-17(15)25-2)24-13-14-11-16(21)19(27-4)18(12-14)26-3;/h5-8,11-12H,9-10,13H2,1-4H3,(H2,22,23,24);1H. The number of para-hydroxylation sites is 1. The monoisotopic (exact) mass is 563 g/mol. The van der Waals surface area contributed by atoms with Crippen LogP contribution in [-0.4, -0.2) is 40.9 Å². The summed E-state index contributed by atoms with van der Waals surface area (Å²) in [5, 5.41) is 6.63. The first kappa shape index (κ1) is 24.4. The van der Waals surface area contributed by atoms with Crippen molar-refractivity contribution in [3.63, 3.8) is 0 Å². The molecule has 8 heteroatoms. The molecule has 28 heavy (non-hydrogen) atoms. The quantitative estimate of drug-likeness (QED) is 0.289. The normalized spacial score (nSPS) is 10.7. The molecule has 6 nitrogen and oxygen atoms in total. The van der Waals surface area contributed by atoms with Crippen molar-refractivity contribution in [3.8, 4) is 17.2 Å². The molecule has 0 saturated heterocycles. The van der Waals surface area contributed by atoms with Crippen LogP contribution >= 0.6 is 39.9 Å². The highest BCUT2D eigenvalue weighted by molar-refractivity contribution is 14.0. The molecule has 0 saturated carbocycles. The highest BCUT2D eigenvalue weighted by Crippen LogP contribution is 2.36. The van der Waals surface area contributed by atoms with Crippen LogP contribution in [-0.2, 0) is 13.0 Å². The summed E-state index contributed by atoms with van der Waals surface area (Å²) < 4.78 is 17.0. The average molecular weight is 564 g/mol. The first-order valence-electron chi connectivity index (χ1n) is 8.59. The fourth-order valence-corrected chi connectivity index (χ4v) is 3.36. The SMILES string of the molecule is CN=C(NCCc1ccccc1OC)NCc1cc(Br)c(OC)c(OC)c1.I. The van der Waals surface area contributed by atoms with Crippen molar-refractivity contribution in [3.05, 3.63) is 52.0 Å². The first-order chi connectivity index (χ1) is 13.1. The molecule has 0 radical (unpaired) electrons. The number of ether oxygens (including phenoxy) is 3. The van der Waals surface area contributed by atoms with E-state index in [1.165, 1.54) is 0 Å². The van der Waals surface area contributed by atoms with Crippen LogP contribution in [0.4, 0.5) is 0 Å². The van der Waals surface area contributed by atoms with Crippen LogP contribution in [0.25, 0.3) is 0 Å². The smallest absolute Gasteiger partial charge is 0.191 e. The van der Waals surface area contributed by atoms with Gasteiger partial charge in [0.1, 0.15) is 5.75 Å². The van der Waals surface area contributed by atoms with E-state index in [2.05, 4.69) is 37.6 Å². The summed E-state index contributed by atoms with van der Waals surface area (Å²) >= 11 is 3.51. The Morgan fingerprint density at radius 1 is 1.00 bits per heavy atom. The number of hydrogen-bond acceptors (Lipinski definition) is 4. The molecular weight excluding hydrogens is 537 g/mol. The molecule has 0 aromatic heterocycles. The van der Waals surface area contributed by atoms with Gasteiger partial charge in [-0.25, -0.2) is 0 Å². The number of methoxy groups -OCH3 is 3. The molecule has 2 aromatic rings. The summed E-state index contributed by atoms with van der Waals surface area (Å²) in [6, 6.07) is 12.0. The molecule has 0 unspecified atom stereocenters. The molecule has 0 fully saturated rings. The van der Waals surface area contributed by atoms with E-state index >= 15 is 0 Å². The summed E-state index contributed by atoms with van der Waals surface area (Å²) in [6.07, 6.45) is 0.840. The van der Waals surface area contributed by atoms with Gasteiger partial charge in [0.25, 0.3) is 0 Å². The number of halogens is 2. The maximum absolute atomic E-state index is 5.39. The van der Waals surface area contributed by atoms with Crippen LogP contribution in [0.5, 0.6) is 17.2 Å². The van der Waals surface area contributed by atoms with Gasteiger partial charge >= 0.3 is 0 Å². The van der Waals surface area contributed by atoms with Crippen LogP contribution < -0.4 is 24.8 Å². The largest absolute Gasteiger partial charge is 0.496 e. The third kappa shape index (κ3) is 6.73. The summed E-state index contributed by atoms with van der Waals surface area (Å²) in [6.45, 7) is 1.35. The van der Waals surface area contributed by atoms with Crippen LogP contribution in [0.1, 0.15) is 11.1 Å². The first-order valence-corrected chi connectivity index (χ1v) is 9.39. The van der Waals surface area contributed by atoms with E-state index in [0.717, 1.165) is 40.3 Å². The van der Waals surface area contributed by atoms with E-state index < -0.39 is 0 Å². The highest BCUT2D eigenvalue weighted by atomic mass is 127. The number of hydrogen-bond donors (Lipinski definition) is 2. The van der Waals surface area contributed by atoms with Crippen LogP contribution in [0.2, 0.25) is 0 Å². The van der Waals surface area contributed by atoms with Crippen LogP contribution in [0.15, 0.2) is 45.9 Å². The van der Waals surface area contributed by atoms with Gasteiger partial charge in [0, 0.05) is 20.1 Å². The highest BCUT2D eigenvalue weighted by Gasteiger charge is 2.11. The molecule has 0 amide bonds. The summed E-state index contributed by atoms with van der Waals surface area (Å²) in [4.78, 5) is 4.27. The second kappa shape index (κ2) is 12.7. The molecule has 0 aliphatic carbocycles. The number of nitrogens with one attached hydrogen (secondary N) is 2. The van der Waals surface area contributed by atoms with Crippen molar-refractivity contribution in [2.45, 2.75) is 13.0 Å². The number of rotatable bonds is 8. The Bertz CT molecular complexity index is 787. The molecular formula is C20H27BrIN3O3. The van der Waals surface area contributed by atoms with Gasteiger partial charge in [0.15, 0.2) is 17.5 Å². The van der Waals surface area contributed by atoms with Gasteiger partial charge < -0.3 is 24.8 Å². The summed E-state index contributed by atoms with van der Waals surface area (Å²) in [5.74, 6) is 3.00. The third-order valence-corrected chi connectivity index (χ3v) is 4.65. The second-order valence-corrected chi connectivity index (χ2v) is 6.58. The fourth-order valence-electron chi connectivity index (χ4n) is 2.70. The molecule has 0 heterocycles. The van der Waals surface area contributed by atoms with Crippen molar-refractivity contribution in [2.24, 2.45) is 4.99 Å². The maximum atomic E-state index is 5.39. The second-order valence-electron chi connectivity index (χ2n) is 5.73. The zero-order chi connectivity index (χ0) is 19.6. The lowest BCUT2D eigenvalue weighted by Crippen LogP contribution is -2.37. The van der Waals surface area contributed by atoms with Gasteiger partial charge in [0.05, 0.1) is 25.8 Å². The summed E-state index contributed by atoms with van der Waals surface area (Å²) in [5.41, 5.74) is 2.21. The number of nitrogens with zero attached hydrogens (tertiary/aromatic N) is 1. The summed E-state index contributed by atoms with van der Waals surface area (Å²) in [7, 11) is 6.69. The maximum Gasteiger partial charge on any atom is 0.191 e. The Labute approximate surface area is 192 Å². The van der Waals surface area contributed by atoms with E-state index in [9.17, 15) is 0 Å². The minimum atomic E-state index is 0. The average Bonchev–Trinajstić information content (AvgIpc) is 2.70. The van der Waals surface area contributed by atoms with Gasteiger partial charge in [-0.2, -0.15) is 0 Å². The Morgan fingerprint density at radius 2 is 1.71 bits per heavy atom. The zero-order valence-electron chi connectivity index (χ0n) is 16.5. The molecule has 0 atom stereocenters.